The zero-order valence-corrected chi connectivity index (χ0v) is 34.8. The summed E-state index contributed by atoms with van der Waals surface area (Å²) in [5, 5.41) is 0. The second-order valence-corrected chi connectivity index (χ2v) is 43.1. The van der Waals surface area contributed by atoms with E-state index >= 15 is 0 Å². The number of rotatable bonds is 20. The molecule has 0 saturated carbocycles. The second-order valence-electron chi connectivity index (χ2n) is 11.3. The normalized spacial score (nSPS) is 12.8. The van der Waals surface area contributed by atoms with Crippen molar-refractivity contribution in [3.05, 3.63) is 8.95 Å². The first-order chi connectivity index (χ1) is 17.4. The van der Waals surface area contributed by atoms with Gasteiger partial charge in [0.2, 0.25) is 0 Å². The van der Waals surface area contributed by atoms with Gasteiger partial charge in [0.05, 0.1) is 0 Å². The summed E-state index contributed by atoms with van der Waals surface area (Å²) >= 11 is 8.24. The predicted octanol–water partition coefficient (Wildman–Crippen LogP) is 12.6. The zero-order valence-electron chi connectivity index (χ0n) is 24.3. The van der Waals surface area contributed by atoms with E-state index in [4.69, 9.17) is 0 Å². The first-order valence-corrected chi connectivity index (χ1v) is 33.5. The summed E-state index contributed by atoms with van der Waals surface area (Å²) in [7, 11) is 0. The van der Waals surface area contributed by atoms with Crippen LogP contribution < -0.4 is 5.79 Å². The third-order valence-corrected chi connectivity index (χ3v) is 52.3. The van der Waals surface area contributed by atoms with Crippen molar-refractivity contribution in [2.75, 3.05) is 0 Å². The minimum absolute atomic E-state index is 1.35. The van der Waals surface area contributed by atoms with Crippen LogP contribution in [-0.2, 0) is 0 Å². The predicted molar refractivity (Wildman–Crippen MR) is 184 cm³/mol. The molecular weight excluding hydrogens is 822 g/mol. The van der Waals surface area contributed by atoms with Crippen molar-refractivity contribution < 1.29 is 0 Å². The van der Waals surface area contributed by atoms with E-state index < -0.39 is 36.8 Å². The van der Waals surface area contributed by atoms with Crippen molar-refractivity contribution in [3.8, 4) is 0 Å². The van der Waals surface area contributed by atoms with E-state index in [1.54, 1.807) is 45.0 Å². The van der Waals surface area contributed by atoms with Gasteiger partial charge in [-0.15, -0.1) is 0 Å². The van der Waals surface area contributed by atoms with Crippen LogP contribution in [-0.4, -0.2) is 36.8 Å². The molecule has 2 aromatic rings. The van der Waals surface area contributed by atoms with Gasteiger partial charge in [-0.25, -0.2) is 0 Å². The van der Waals surface area contributed by atoms with Gasteiger partial charge in [0.1, 0.15) is 0 Å². The minimum atomic E-state index is -2.45. The van der Waals surface area contributed by atoms with Gasteiger partial charge in [-0.1, -0.05) is 0 Å². The molecule has 0 nitrogen and oxygen atoms in total. The quantitative estimate of drug-likeness (QED) is 0.116. The number of hydrogen-bond donors (Lipinski definition) is 0. The topological polar surface area (TPSA) is 0 Å². The summed E-state index contributed by atoms with van der Waals surface area (Å²) in [5.41, 5.74) is 0. The number of thiophene rings is 2. The summed E-state index contributed by atoms with van der Waals surface area (Å²) in [6.45, 7) is 14.4. The molecule has 0 unspecified atom stereocenters. The Balaban J connectivity index is 2.66. The molecule has 0 spiro atoms. The Labute approximate surface area is 257 Å². The third-order valence-electron chi connectivity index (χ3n) is 8.43. The molecule has 0 amide bonds. The maximum absolute atomic E-state index is 4.31. The number of fused-ring (bicyclic) bond motifs is 1. The molecule has 0 radical (unpaired) electrons. The maximum atomic E-state index is 4.31. The van der Waals surface area contributed by atoms with Crippen molar-refractivity contribution >= 4 is 106 Å². The van der Waals surface area contributed by atoms with Gasteiger partial charge in [-0.3, -0.25) is 0 Å². The van der Waals surface area contributed by atoms with Crippen molar-refractivity contribution in [3.63, 3.8) is 0 Å². The van der Waals surface area contributed by atoms with Crippen molar-refractivity contribution in [1.82, 2.24) is 0 Å². The third kappa shape index (κ3) is 8.61. The van der Waals surface area contributed by atoms with Gasteiger partial charge in [0.25, 0.3) is 0 Å². The molecule has 6 heteroatoms. The average Bonchev–Trinajstić information content (AvgIpc) is 3.40. The Hall–Kier alpha value is 2.22. The fourth-order valence-corrected chi connectivity index (χ4v) is 55.0. The van der Waals surface area contributed by atoms with Crippen LogP contribution in [0, 0.1) is 0 Å². The molecule has 36 heavy (non-hydrogen) atoms. The summed E-state index contributed by atoms with van der Waals surface area (Å²) in [4.78, 5) is 0. The molecule has 208 valence electrons. The number of hydrogen-bond acceptors (Lipinski definition) is 2. The van der Waals surface area contributed by atoms with Crippen LogP contribution in [0.1, 0.15) is 119 Å². The Bertz CT molecular complexity index is 774. The second kappa shape index (κ2) is 17.9. The van der Waals surface area contributed by atoms with E-state index in [-0.39, 0.29) is 0 Å². The number of halogens is 2. The molecule has 2 rings (SSSR count). The summed E-state index contributed by atoms with van der Waals surface area (Å²) in [6.07, 6.45) is 16.8. The molecule has 0 aliphatic heterocycles. The molecule has 0 aliphatic rings. The molecule has 0 N–H and O–H groups in total. The van der Waals surface area contributed by atoms with Crippen LogP contribution in [0.3, 0.4) is 0 Å². The number of unbranched alkanes of at least 4 members (excludes halogenated alkanes) is 6. The molecular formula is C30H54Br2S2Sn2. The van der Waals surface area contributed by atoms with E-state index in [0.29, 0.717) is 0 Å². The van der Waals surface area contributed by atoms with Crippen LogP contribution in [0.25, 0.3) is 9.40 Å². The van der Waals surface area contributed by atoms with Gasteiger partial charge in [0, 0.05) is 0 Å². The van der Waals surface area contributed by atoms with Gasteiger partial charge in [-0.2, -0.15) is 0 Å². The van der Waals surface area contributed by atoms with E-state index in [0.717, 1.165) is 0 Å². The Morgan fingerprint density at radius 3 is 0.861 bits per heavy atom. The molecule has 0 aliphatic carbocycles. The van der Waals surface area contributed by atoms with Crippen LogP contribution in [0.5, 0.6) is 0 Å². The molecule has 2 aromatic heterocycles. The first-order valence-electron chi connectivity index (χ1n) is 15.3. The van der Waals surface area contributed by atoms with E-state index in [1.807, 2.05) is 5.79 Å². The van der Waals surface area contributed by atoms with Crippen molar-refractivity contribution in [2.24, 2.45) is 0 Å². The van der Waals surface area contributed by atoms with Crippen molar-refractivity contribution in [1.29, 1.82) is 0 Å². The van der Waals surface area contributed by atoms with Crippen LogP contribution in [0.4, 0.5) is 0 Å². The zero-order chi connectivity index (χ0) is 26.6. The van der Waals surface area contributed by atoms with Crippen molar-refractivity contribution in [2.45, 2.75) is 145 Å². The Morgan fingerprint density at radius 1 is 0.444 bits per heavy atom. The standard InChI is InChI=1S/C6Br2S2.6C4H9.2Sn/c7-3-1-9-6-4(8)2-10-5(3)6;6*1-3-4-2;;/h;6*1,3-4H2,2H3;;. The van der Waals surface area contributed by atoms with E-state index in [2.05, 4.69) is 96.1 Å². The van der Waals surface area contributed by atoms with Gasteiger partial charge < -0.3 is 0 Å². The summed E-state index contributed by atoms with van der Waals surface area (Å²) < 4.78 is 19.6. The van der Waals surface area contributed by atoms with Gasteiger partial charge >= 0.3 is 261 Å². The monoisotopic (exact) mass is 876 g/mol. The van der Waals surface area contributed by atoms with Gasteiger partial charge in [-0.05, 0) is 0 Å². The molecule has 0 bridgehead atoms. The Morgan fingerprint density at radius 2 is 0.667 bits per heavy atom. The molecule has 0 aromatic carbocycles. The SMILES string of the molecule is CCC[CH2][Sn]([CH2]CCC)([CH2]CCC)[c]1sc2c(Br)[c]([Sn]([CH2]CCC)([CH2]CCC)[CH2]CCC)sc2c1Br. The summed E-state index contributed by atoms with van der Waals surface area (Å²) in [5.74, 6) is 0. The average molecular weight is 876 g/mol. The van der Waals surface area contributed by atoms with E-state index in [1.165, 1.54) is 77.0 Å². The van der Waals surface area contributed by atoms with Gasteiger partial charge in [0.15, 0.2) is 0 Å². The van der Waals surface area contributed by atoms with E-state index in [9.17, 15) is 0 Å². The Kier molecular flexibility index (Phi) is 17.1. The van der Waals surface area contributed by atoms with Crippen LogP contribution >= 0.6 is 54.5 Å². The molecule has 0 saturated heterocycles. The fourth-order valence-electron chi connectivity index (χ4n) is 6.09. The first kappa shape index (κ1) is 34.4. The summed E-state index contributed by atoms with van der Waals surface area (Å²) in [6, 6.07) is 0. The molecule has 0 atom stereocenters. The molecule has 2 heterocycles. The fraction of sp³-hybridized carbons (Fsp3) is 0.800. The van der Waals surface area contributed by atoms with Crippen LogP contribution in [0.2, 0.25) is 26.6 Å². The van der Waals surface area contributed by atoms with Crippen LogP contribution in [0.15, 0.2) is 8.95 Å². The molecule has 0 fully saturated rings.